The van der Waals surface area contributed by atoms with Gasteiger partial charge >= 0.3 is 5.97 Å². The first-order chi connectivity index (χ1) is 8.76. The molecule has 0 radical (unpaired) electrons. The van der Waals surface area contributed by atoms with Crippen LogP contribution < -0.4 is 5.73 Å². The van der Waals surface area contributed by atoms with Crippen molar-refractivity contribution in [2.45, 2.75) is 6.92 Å². The number of carbonyl (C=O) groups excluding carboxylic acids is 1. The van der Waals surface area contributed by atoms with E-state index in [0.717, 1.165) is 12.1 Å². The number of carbonyl (C=O) groups is 1. The number of nitrogen functional groups attached to an aromatic ring is 1. The predicted molar refractivity (Wildman–Crippen MR) is 73.1 cm³/mol. The van der Waals surface area contributed by atoms with Gasteiger partial charge in [-0.25, -0.2) is 17.6 Å². The normalized spacial score (nSPS) is 11.3. The van der Waals surface area contributed by atoms with E-state index in [-0.39, 0.29) is 33.8 Å². The summed E-state index contributed by atoms with van der Waals surface area (Å²) in [6.07, 6.45) is 0. The van der Waals surface area contributed by atoms with E-state index in [9.17, 15) is 17.6 Å². The maximum atomic E-state index is 13.1. The largest absolute Gasteiger partial charge is 0.461 e. The Labute approximate surface area is 119 Å². The van der Waals surface area contributed by atoms with Gasteiger partial charge in [-0.15, -0.1) is 0 Å². The summed E-state index contributed by atoms with van der Waals surface area (Å²) in [5.41, 5.74) is 5.21. The second-order valence-electron chi connectivity index (χ2n) is 3.73. The summed E-state index contributed by atoms with van der Waals surface area (Å²) >= 11 is 3.01. The van der Waals surface area contributed by atoms with Crippen LogP contribution in [0.4, 0.5) is 10.1 Å². The highest BCUT2D eigenvalue weighted by Gasteiger charge is 2.16. The monoisotopic (exact) mass is 353 g/mol. The Balaban J connectivity index is 2.72. The molecule has 0 saturated heterocycles. The van der Waals surface area contributed by atoms with Gasteiger partial charge in [-0.3, -0.25) is 0 Å². The van der Waals surface area contributed by atoms with E-state index in [1.165, 1.54) is 6.92 Å². The lowest BCUT2D eigenvalue weighted by atomic mass is 10.2. The standard InChI is InChI=1S/C11H13BrFNO4S/c1-2-19(16,17)4-3-18-11(15)7-5-10(14)9(13)6-8(7)12/h5-6H,2-4,14H2,1H3. The Morgan fingerprint density at radius 3 is 2.68 bits per heavy atom. The van der Waals surface area contributed by atoms with Gasteiger partial charge in [0.2, 0.25) is 0 Å². The summed E-state index contributed by atoms with van der Waals surface area (Å²) in [6.45, 7) is 1.26. The fraction of sp³-hybridized carbons (Fsp3) is 0.364. The van der Waals surface area contributed by atoms with Crippen molar-refractivity contribution in [3.8, 4) is 0 Å². The first-order valence-corrected chi connectivity index (χ1v) is 8.00. The van der Waals surface area contributed by atoms with Crippen LogP contribution in [0.5, 0.6) is 0 Å². The number of hydrogen-bond donors (Lipinski definition) is 1. The number of esters is 1. The highest BCUT2D eigenvalue weighted by Crippen LogP contribution is 2.23. The lowest BCUT2D eigenvalue weighted by molar-refractivity contribution is 0.0528. The molecule has 0 spiro atoms. The highest BCUT2D eigenvalue weighted by atomic mass is 79.9. The fourth-order valence-corrected chi connectivity index (χ4v) is 2.31. The molecule has 19 heavy (non-hydrogen) atoms. The Bertz CT molecular complexity index is 589. The lowest BCUT2D eigenvalue weighted by Gasteiger charge is -2.07. The van der Waals surface area contributed by atoms with E-state index in [1.807, 2.05) is 0 Å². The van der Waals surface area contributed by atoms with E-state index in [1.54, 1.807) is 0 Å². The molecule has 1 aromatic rings. The minimum Gasteiger partial charge on any atom is -0.461 e. The zero-order valence-electron chi connectivity index (χ0n) is 10.2. The van der Waals surface area contributed by atoms with Gasteiger partial charge in [0.05, 0.1) is 17.0 Å². The molecule has 8 heteroatoms. The quantitative estimate of drug-likeness (QED) is 0.643. The molecule has 0 amide bonds. The van der Waals surface area contributed by atoms with Crippen molar-refractivity contribution in [2.75, 3.05) is 23.8 Å². The van der Waals surface area contributed by atoms with Crippen LogP contribution in [0, 0.1) is 5.82 Å². The summed E-state index contributed by atoms with van der Waals surface area (Å²) < 4.78 is 40.5. The zero-order chi connectivity index (χ0) is 14.6. The Morgan fingerprint density at radius 2 is 2.11 bits per heavy atom. The summed E-state index contributed by atoms with van der Waals surface area (Å²) in [6, 6.07) is 2.19. The van der Waals surface area contributed by atoms with E-state index in [4.69, 9.17) is 10.5 Å². The molecule has 1 rings (SSSR count). The molecule has 0 atom stereocenters. The molecule has 106 valence electrons. The smallest absolute Gasteiger partial charge is 0.339 e. The number of nitrogens with two attached hydrogens (primary N) is 1. The van der Waals surface area contributed by atoms with Crippen molar-refractivity contribution < 1.29 is 22.3 Å². The molecule has 5 nitrogen and oxygen atoms in total. The molecule has 0 bridgehead atoms. The van der Waals surface area contributed by atoms with Crippen LogP contribution in [0.1, 0.15) is 17.3 Å². The molecule has 0 aliphatic heterocycles. The lowest BCUT2D eigenvalue weighted by Crippen LogP contribution is -2.17. The van der Waals surface area contributed by atoms with Crippen LogP contribution in [0.3, 0.4) is 0 Å². The van der Waals surface area contributed by atoms with Gasteiger partial charge in [0, 0.05) is 10.2 Å². The number of ether oxygens (including phenoxy) is 1. The first kappa shape index (κ1) is 15.9. The maximum Gasteiger partial charge on any atom is 0.339 e. The van der Waals surface area contributed by atoms with Gasteiger partial charge in [0.1, 0.15) is 12.4 Å². The minimum absolute atomic E-state index is 0.0161. The molecular formula is C11H13BrFNO4S. The van der Waals surface area contributed by atoms with Gasteiger partial charge in [0.15, 0.2) is 9.84 Å². The zero-order valence-corrected chi connectivity index (χ0v) is 12.6. The number of sulfone groups is 1. The van der Waals surface area contributed by atoms with Crippen molar-refractivity contribution in [2.24, 2.45) is 0 Å². The molecule has 0 aliphatic carbocycles. The number of anilines is 1. The van der Waals surface area contributed by atoms with Crippen LogP contribution >= 0.6 is 15.9 Å². The van der Waals surface area contributed by atoms with Crippen LogP contribution in [0.25, 0.3) is 0 Å². The third-order valence-electron chi connectivity index (χ3n) is 2.37. The molecular weight excluding hydrogens is 341 g/mol. The second kappa shape index (κ2) is 6.33. The van der Waals surface area contributed by atoms with Crippen molar-refractivity contribution in [3.05, 3.63) is 28.0 Å². The van der Waals surface area contributed by atoms with Gasteiger partial charge in [-0.2, -0.15) is 0 Å². The van der Waals surface area contributed by atoms with E-state index >= 15 is 0 Å². The Kier molecular flexibility index (Phi) is 5.30. The molecule has 0 fully saturated rings. The number of benzene rings is 1. The molecule has 0 heterocycles. The van der Waals surface area contributed by atoms with E-state index in [0.29, 0.717) is 0 Å². The number of rotatable bonds is 5. The third-order valence-corrected chi connectivity index (χ3v) is 4.70. The van der Waals surface area contributed by atoms with Crippen molar-refractivity contribution >= 4 is 37.4 Å². The summed E-state index contributed by atoms with van der Waals surface area (Å²) in [5.74, 6) is -1.68. The van der Waals surface area contributed by atoms with Gasteiger partial charge in [-0.1, -0.05) is 6.92 Å². The average Bonchev–Trinajstić information content (AvgIpc) is 2.33. The van der Waals surface area contributed by atoms with Crippen molar-refractivity contribution in [1.29, 1.82) is 0 Å². The first-order valence-electron chi connectivity index (χ1n) is 5.39. The van der Waals surface area contributed by atoms with Crippen LogP contribution in [-0.4, -0.2) is 32.5 Å². The van der Waals surface area contributed by atoms with Crippen LogP contribution in [-0.2, 0) is 14.6 Å². The Hall–Kier alpha value is -1.15. The summed E-state index contributed by atoms with van der Waals surface area (Å²) in [7, 11) is -3.20. The van der Waals surface area contributed by atoms with Crippen molar-refractivity contribution in [1.82, 2.24) is 0 Å². The number of hydrogen-bond acceptors (Lipinski definition) is 5. The molecule has 0 aromatic heterocycles. The molecule has 1 aromatic carbocycles. The number of halogens is 2. The second-order valence-corrected chi connectivity index (χ2v) is 7.05. The van der Waals surface area contributed by atoms with Gasteiger partial charge in [0.25, 0.3) is 0 Å². The van der Waals surface area contributed by atoms with Crippen LogP contribution in [0.15, 0.2) is 16.6 Å². The Morgan fingerprint density at radius 1 is 1.47 bits per heavy atom. The predicted octanol–water partition coefficient (Wildman–Crippen LogP) is 1.76. The molecule has 0 aliphatic rings. The minimum atomic E-state index is -3.20. The topological polar surface area (TPSA) is 86.5 Å². The van der Waals surface area contributed by atoms with E-state index < -0.39 is 21.6 Å². The summed E-state index contributed by atoms with van der Waals surface area (Å²) in [5, 5.41) is 0. The maximum absolute atomic E-state index is 13.1. The van der Waals surface area contributed by atoms with Crippen molar-refractivity contribution in [3.63, 3.8) is 0 Å². The summed E-state index contributed by atoms with van der Waals surface area (Å²) in [4.78, 5) is 11.7. The average molecular weight is 354 g/mol. The molecule has 0 saturated carbocycles. The van der Waals surface area contributed by atoms with Gasteiger partial charge < -0.3 is 10.5 Å². The van der Waals surface area contributed by atoms with Crippen LogP contribution in [0.2, 0.25) is 0 Å². The SMILES string of the molecule is CCS(=O)(=O)CCOC(=O)c1cc(N)c(F)cc1Br. The molecule has 0 unspecified atom stereocenters. The van der Waals surface area contributed by atoms with Gasteiger partial charge in [-0.05, 0) is 28.1 Å². The van der Waals surface area contributed by atoms with E-state index in [2.05, 4.69) is 15.9 Å². The third kappa shape index (κ3) is 4.46. The fourth-order valence-electron chi connectivity index (χ4n) is 1.21. The highest BCUT2D eigenvalue weighted by molar-refractivity contribution is 9.10. The molecule has 2 N–H and O–H groups in total.